The summed E-state index contributed by atoms with van der Waals surface area (Å²) in [5.74, 6) is 0. The second kappa shape index (κ2) is 4.87. The van der Waals surface area contributed by atoms with E-state index in [0.29, 0.717) is 5.04 Å². The lowest BCUT2D eigenvalue weighted by molar-refractivity contribution is 0.594. The van der Waals surface area contributed by atoms with E-state index >= 15 is 0 Å². The van der Waals surface area contributed by atoms with Crippen LogP contribution in [0.2, 0.25) is 5.04 Å². The Balaban J connectivity index is 3.06. The molecule has 0 amide bonds. The summed E-state index contributed by atoms with van der Waals surface area (Å²) in [7, 11) is 3.84. The Morgan fingerprint density at radius 2 is 1.75 bits per heavy atom. The Bertz CT molecular complexity index is 375. The van der Waals surface area contributed by atoms with Crippen molar-refractivity contribution in [3.63, 3.8) is 0 Å². The van der Waals surface area contributed by atoms with Crippen molar-refractivity contribution in [2.75, 3.05) is 14.1 Å². The van der Waals surface area contributed by atoms with Gasteiger partial charge in [-0.15, -0.1) is 0 Å². The minimum absolute atomic E-state index is 0.264. The summed E-state index contributed by atoms with van der Waals surface area (Å²) >= 11 is 0. The SMILES string of the molecule is C=C(c1ccccc1[SiH2]C(C)(C)C)N(C)C. The van der Waals surface area contributed by atoms with Gasteiger partial charge in [0.2, 0.25) is 0 Å². The summed E-state index contributed by atoms with van der Waals surface area (Å²) in [4.78, 5) is 2.09. The minimum atomic E-state index is -0.264. The lowest BCUT2D eigenvalue weighted by Gasteiger charge is -2.23. The van der Waals surface area contributed by atoms with Gasteiger partial charge in [-0.3, -0.25) is 0 Å². The van der Waals surface area contributed by atoms with Crippen molar-refractivity contribution >= 4 is 20.4 Å². The lowest BCUT2D eigenvalue weighted by atomic mass is 10.1. The molecule has 1 rings (SSSR count). The van der Waals surface area contributed by atoms with Crippen molar-refractivity contribution < 1.29 is 0 Å². The molecule has 0 aliphatic rings. The fraction of sp³-hybridized carbons (Fsp3) is 0.429. The van der Waals surface area contributed by atoms with Gasteiger partial charge in [-0.2, -0.15) is 0 Å². The Kier molecular flexibility index (Phi) is 3.97. The highest BCUT2D eigenvalue weighted by Crippen LogP contribution is 2.21. The van der Waals surface area contributed by atoms with Gasteiger partial charge in [-0.05, 0) is 10.6 Å². The van der Waals surface area contributed by atoms with E-state index in [9.17, 15) is 0 Å². The van der Waals surface area contributed by atoms with Gasteiger partial charge in [0.15, 0.2) is 0 Å². The molecular weight excluding hydrogens is 210 g/mol. The Morgan fingerprint density at radius 3 is 2.25 bits per heavy atom. The number of nitrogens with zero attached hydrogens (tertiary/aromatic N) is 1. The molecule has 0 spiro atoms. The molecule has 0 unspecified atom stereocenters. The third-order valence-corrected chi connectivity index (χ3v) is 4.65. The smallest absolute Gasteiger partial charge is 0.0610 e. The van der Waals surface area contributed by atoms with E-state index in [1.807, 2.05) is 0 Å². The van der Waals surface area contributed by atoms with Gasteiger partial charge >= 0.3 is 0 Å². The maximum atomic E-state index is 4.16. The van der Waals surface area contributed by atoms with Crippen LogP contribution in [0.3, 0.4) is 0 Å². The molecule has 1 nitrogen and oxygen atoms in total. The molecule has 0 aliphatic carbocycles. The van der Waals surface area contributed by atoms with Gasteiger partial charge in [-0.1, -0.05) is 56.8 Å². The molecule has 0 bridgehead atoms. The summed E-state index contributed by atoms with van der Waals surface area (Å²) in [6.07, 6.45) is 0. The number of rotatable bonds is 3. The zero-order chi connectivity index (χ0) is 12.3. The van der Waals surface area contributed by atoms with Crippen molar-refractivity contribution in [1.29, 1.82) is 0 Å². The van der Waals surface area contributed by atoms with Crippen molar-refractivity contribution in [2.45, 2.75) is 25.8 Å². The fourth-order valence-electron chi connectivity index (χ4n) is 1.77. The fourth-order valence-corrected chi connectivity index (χ4v) is 3.68. The largest absolute Gasteiger partial charge is 0.378 e. The summed E-state index contributed by atoms with van der Waals surface area (Å²) in [6, 6.07) is 8.70. The predicted octanol–water partition coefficient (Wildman–Crippen LogP) is 2.23. The van der Waals surface area contributed by atoms with Crippen molar-refractivity contribution in [3.8, 4) is 0 Å². The Hall–Kier alpha value is -1.02. The molecule has 0 N–H and O–H groups in total. The maximum absolute atomic E-state index is 4.16. The van der Waals surface area contributed by atoms with Crippen LogP contribution in [0.25, 0.3) is 5.70 Å². The Morgan fingerprint density at radius 1 is 1.19 bits per heavy atom. The molecule has 2 heteroatoms. The molecule has 0 aromatic heterocycles. The van der Waals surface area contributed by atoms with Crippen LogP contribution in [0.15, 0.2) is 30.8 Å². The standard InChI is InChI=1S/C14H23NSi/c1-11(15(5)6)12-9-7-8-10-13(12)16-14(2,3)4/h7-10H,1,16H2,2-6H3. The molecule has 1 aromatic rings. The molecule has 16 heavy (non-hydrogen) atoms. The van der Waals surface area contributed by atoms with Gasteiger partial charge in [0.05, 0.1) is 9.52 Å². The highest BCUT2D eigenvalue weighted by molar-refractivity contribution is 6.57. The average Bonchev–Trinajstić information content (AvgIpc) is 2.15. The van der Waals surface area contributed by atoms with Crippen molar-refractivity contribution in [2.24, 2.45) is 0 Å². The molecule has 0 fully saturated rings. The first-order valence-corrected chi connectivity index (χ1v) is 7.17. The van der Waals surface area contributed by atoms with E-state index in [4.69, 9.17) is 0 Å². The zero-order valence-corrected chi connectivity index (χ0v) is 12.6. The quantitative estimate of drug-likeness (QED) is 0.724. The summed E-state index contributed by atoms with van der Waals surface area (Å²) < 4.78 is 0. The van der Waals surface area contributed by atoms with Crippen molar-refractivity contribution in [1.82, 2.24) is 4.90 Å². The maximum Gasteiger partial charge on any atom is 0.0610 e. The van der Waals surface area contributed by atoms with E-state index in [1.54, 1.807) is 0 Å². The molecule has 0 aliphatic heterocycles. The predicted molar refractivity (Wildman–Crippen MR) is 77.1 cm³/mol. The first-order valence-electron chi connectivity index (χ1n) is 5.76. The van der Waals surface area contributed by atoms with E-state index in [-0.39, 0.29) is 9.52 Å². The molecule has 0 atom stereocenters. The monoisotopic (exact) mass is 233 g/mol. The van der Waals surface area contributed by atoms with Crippen LogP contribution in [0.4, 0.5) is 0 Å². The van der Waals surface area contributed by atoms with Gasteiger partial charge in [-0.25, -0.2) is 0 Å². The van der Waals surface area contributed by atoms with Crippen LogP contribution in [0, 0.1) is 0 Å². The van der Waals surface area contributed by atoms with Crippen LogP contribution >= 0.6 is 0 Å². The van der Waals surface area contributed by atoms with Crippen molar-refractivity contribution in [3.05, 3.63) is 36.4 Å². The average molecular weight is 233 g/mol. The van der Waals surface area contributed by atoms with Crippen LogP contribution in [0.1, 0.15) is 26.3 Å². The highest BCUT2D eigenvalue weighted by Gasteiger charge is 2.16. The van der Waals surface area contributed by atoms with Gasteiger partial charge < -0.3 is 4.90 Å². The summed E-state index contributed by atoms with van der Waals surface area (Å²) in [5, 5.41) is 1.97. The molecular formula is C14H23NSi. The van der Waals surface area contributed by atoms with Crippen LogP contribution in [-0.4, -0.2) is 28.5 Å². The zero-order valence-electron chi connectivity index (χ0n) is 11.2. The van der Waals surface area contributed by atoms with Crippen LogP contribution in [-0.2, 0) is 0 Å². The third kappa shape index (κ3) is 3.53. The highest BCUT2D eigenvalue weighted by atomic mass is 28.2. The van der Waals surface area contributed by atoms with Crippen LogP contribution < -0.4 is 5.19 Å². The molecule has 0 saturated heterocycles. The van der Waals surface area contributed by atoms with Gasteiger partial charge in [0.25, 0.3) is 0 Å². The molecule has 88 valence electrons. The first kappa shape index (κ1) is 13.0. The second-order valence-corrected chi connectivity index (χ2v) is 8.97. The first-order chi connectivity index (χ1) is 7.31. The third-order valence-electron chi connectivity index (χ3n) is 2.59. The normalized spacial score (nSPS) is 12.1. The van der Waals surface area contributed by atoms with E-state index in [2.05, 4.69) is 70.6 Å². The second-order valence-electron chi connectivity index (χ2n) is 5.74. The van der Waals surface area contributed by atoms with E-state index < -0.39 is 0 Å². The lowest BCUT2D eigenvalue weighted by Crippen LogP contribution is -2.28. The summed E-state index contributed by atoms with van der Waals surface area (Å²) in [6.45, 7) is 11.1. The van der Waals surface area contributed by atoms with Gasteiger partial charge in [0, 0.05) is 19.8 Å². The van der Waals surface area contributed by atoms with E-state index in [0.717, 1.165) is 5.70 Å². The van der Waals surface area contributed by atoms with Gasteiger partial charge in [0.1, 0.15) is 0 Å². The molecule has 0 saturated carbocycles. The number of hydrogen-bond acceptors (Lipinski definition) is 1. The number of benzene rings is 1. The Labute approximate surface area is 102 Å². The molecule has 0 heterocycles. The van der Waals surface area contributed by atoms with Crippen LogP contribution in [0.5, 0.6) is 0 Å². The molecule has 0 radical (unpaired) electrons. The van der Waals surface area contributed by atoms with E-state index in [1.165, 1.54) is 10.8 Å². The minimum Gasteiger partial charge on any atom is -0.378 e. The summed E-state index contributed by atoms with van der Waals surface area (Å²) in [5.41, 5.74) is 2.45. The number of hydrogen-bond donors (Lipinski definition) is 0. The molecule has 1 aromatic carbocycles. The topological polar surface area (TPSA) is 3.24 Å².